The average molecular weight is 555 g/mol. The number of nitrogens with zero attached hydrogens (tertiary/aromatic N) is 4. The molecular weight excluding hydrogens is 520 g/mol. The summed E-state index contributed by atoms with van der Waals surface area (Å²) < 4.78 is 26.1. The lowest BCUT2D eigenvalue weighted by Gasteiger charge is -2.35. The summed E-state index contributed by atoms with van der Waals surface area (Å²) in [7, 11) is 2.74. The van der Waals surface area contributed by atoms with Crippen LogP contribution in [-0.2, 0) is 29.9 Å². The summed E-state index contributed by atoms with van der Waals surface area (Å²) in [6, 6.07) is 12.4. The lowest BCUT2D eigenvalue weighted by atomic mass is 9.82. The molecule has 0 bridgehead atoms. The Bertz CT molecular complexity index is 1450. The summed E-state index contributed by atoms with van der Waals surface area (Å²) in [6.07, 6.45) is 1.54. The highest BCUT2D eigenvalue weighted by Crippen LogP contribution is 2.53. The zero-order chi connectivity index (χ0) is 28.7. The second-order valence-corrected chi connectivity index (χ2v) is 12.3. The third-order valence-electron chi connectivity index (χ3n) is 7.22. The number of amides is 2. The number of anilines is 1. The van der Waals surface area contributed by atoms with Crippen molar-refractivity contribution in [2.75, 3.05) is 52.7 Å². The monoisotopic (exact) mass is 554 g/mol. The third-order valence-corrected chi connectivity index (χ3v) is 9.05. The van der Waals surface area contributed by atoms with Crippen molar-refractivity contribution in [3.63, 3.8) is 0 Å². The van der Waals surface area contributed by atoms with E-state index in [1.165, 1.54) is 43.3 Å². The number of aliphatic hydroxyl groups is 1. The van der Waals surface area contributed by atoms with Crippen molar-refractivity contribution in [3.05, 3.63) is 65.2 Å². The molecule has 4 rings (SSSR count). The summed E-state index contributed by atoms with van der Waals surface area (Å²) in [5.41, 5.74) is -0.989. The van der Waals surface area contributed by atoms with Gasteiger partial charge in [0, 0.05) is 44.9 Å². The van der Waals surface area contributed by atoms with Gasteiger partial charge in [-0.25, -0.2) is 12.7 Å². The van der Waals surface area contributed by atoms with Crippen molar-refractivity contribution < 1.29 is 27.9 Å². The SMILES string of the molecule is CCCCN1C(=O)[C@@]2(C(=C(O)c3ccc(S(=O)(=O)N(C)C)cc3)C(=O)C(=O)N2CCN(C)C)c2ccccc21. The predicted octanol–water partition coefficient (Wildman–Crippen LogP) is 2.22. The van der Waals surface area contributed by atoms with Gasteiger partial charge in [0.2, 0.25) is 10.0 Å². The highest BCUT2D eigenvalue weighted by atomic mass is 32.2. The van der Waals surface area contributed by atoms with Crippen LogP contribution in [0.15, 0.2) is 59.0 Å². The Morgan fingerprint density at radius 2 is 1.59 bits per heavy atom. The first-order valence-corrected chi connectivity index (χ1v) is 14.2. The fraction of sp³-hybridized carbons (Fsp3) is 0.393. The molecule has 2 aromatic carbocycles. The molecule has 1 spiro atoms. The van der Waals surface area contributed by atoms with Gasteiger partial charge >= 0.3 is 0 Å². The Morgan fingerprint density at radius 1 is 0.949 bits per heavy atom. The fourth-order valence-electron chi connectivity index (χ4n) is 5.14. The number of carbonyl (C=O) groups excluding carboxylic acids is 3. The van der Waals surface area contributed by atoms with Crippen molar-refractivity contribution in [3.8, 4) is 0 Å². The number of hydrogen-bond donors (Lipinski definition) is 1. The summed E-state index contributed by atoms with van der Waals surface area (Å²) in [4.78, 5) is 46.2. The molecule has 2 aliphatic heterocycles. The van der Waals surface area contributed by atoms with Crippen LogP contribution in [0.4, 0.5) is 5.69 Å². The van der Waals surface area contributed by atoms with E-state index in [1.54, 1.807) is 29.2 Å². The number of carbonyl (C=O) groups is 3. The standard InChI is InChI=1S/C28H34N4O6S/c1-6-7-16-31-22-11-9-8-10-21(22)28(27(31)36)23(25(34)26(35)32(28)18-17-29(2)3)24(33)19-12-14-20(15-13-19)39(37,38)30(4)5/h8-15,33H,6-7,16-18H2,1-5H3/t28-/m0/s1. The number of likely N-dealkylation sites (tertiary alicyclic amines) is 1. The maximum Gasteiger partial charge on any atom is 0.296 e. The van der Waals surface area contributed by atoms with Crippen molar-refractivity contribution in [2.45, 2.75) is 30.2 Å². The van der Waals surface area contributed by atoms with Gasteiger partial charge in [-0.3, -0.25) is 14.4 Å². The molecule has 0 saturated carbocycles. The molecule has 1 fully saturated rings. The van der Waals surface area contributed by atoms with Crippen LogP contribution in [0.1, 0.15) is 30.9 Å². The van der Waals surface area contributed by atoms with E-state index in [0.29, 0.717) is 30.8 Å². The molecule has 2 amide bonds. The fourth-order valence-corrected chi connectivity index (χ4v) is 6.05. The van der Waals surface area contributed by atoms with E-state index in [1.807, 2.05) is 25.9 Å². The quantitative estimate of drug-likeness (QED) is 0.287. The molecule has 11 heteroatoms. The molecule has 0 aromatic heterocycles. The summed E-state index contributed by atoms with van der Waals surface area (Å²) >= 11 is 0. The van der Waals surface area contributed by atoms with Gasteiger partial charge in [-0.1, -0.05) is 31.5 Å². The van der Waals surface area contributed by atoms with E-state index in [-0.39, 0.29) is 22.6 Å². The first-order chi connectivity index (χ1) is 18.4. The topological polar surface area (TPSA) is 119 Å². The maximum atomic E-state index is 14.4. The average Bonchev–Trinajstić information content (AvgIpc) is 3.28. The Kier molecular flexibility index (Phi) is 7.70. The Balaban J connectivity index is 1.97. The van der Waals surface area contributed by atoms with Gasteiger partial charge in [0.15, 0.2) is 5.54 Å². The van der Waals surface area contributed by atoms with Crippen LogP contribution in [0.2, 0.25) is 0 Å². The molecule has 1 atom stereocenters. The van der Waals surface area contributed by atoms with E-state index in [0.717, 1.165) is 10.7 Å². The minimum absolute atomic E-state index is 0.00164. The summed E-state index contributed by atoms with van der Waals surface area (Å²) in [5, 5.41) is 11.6. The van der Waals surface area contributed by atoms with E-state index in [2.05, 4.69) is 0 Å². The highest BCUT2D eigenvalue weighted by molar-refractivity contribution is 7.89. The van der Waals surface area contributed by atoms with Gasteiger partial charge in [0.25, 0.3) is 17.6 Å². The first-order valence-electron chi connectivity index (χ1n) is 12.8. The van der Waals surface area contributed by atoms with Gasteiger partial charge in [0.1, 0.15) is 5.76 Å². The molecule has 1 N–H and O–H groups in total. The highest BCUT2D eigenvalue weighted by Gasteiger charge is 2.66. The zero-order valence-corrected chi connectivity index (χ0v) is 23.7. The smallest absolute Gasteiger partial charge is 0.296 e. The third kappa shape index (κ3) is 4.44. The second-order valence-electron chi connectivity index (χ2n) is 10.2. The van der Waals surface area contributed by atoms with Gasteiger partial charge in [0.05, 0.1) is 16.2 Å². The van der Waals surface area contributed by atoms with Crippen LogP contribution >= 0.6 is 0 Å². The first kappa shape index (κ1) is 28.5. The largest absolute Gasteiger partial charge is 0.507 e. The molecule has 39 heavy (non-hydrogen) atoms. The van der Waals surface area contributed by atoms with Gasteiger partial charge < -0.3 is 19.8 Å². The number of ketones is 1. The number of unbranched alkanes of at least 4 members (excludes halogenated alkanes) is 1. The van der Waals surface area contributed by atoms with E-state index in [9.17, 15) is 27.9 Å². The van der Waals surface area contributed by atoms with E-state index >= 15 is 0 Å². The molecular formula is C28H34N4O6S. The van der Waals surface area contributed by atoms with E-state index in [4.69, 9.17) is 0 Å². The molecule has 208 valence electrons. The van der Waals surface area contributed by atoms with Crippen molar-refractivity contribution >= 4 is 39.1 Å². The van der Waals surface area contributed by atoms with Gasteiger partial charge in [-0.15, -0.1) is 0 Å². The van der Waals surface area contributed by atoms with Crippen LogP contribution in [0.25, 0.3) is 5.76 Å². The van der Waals surface area contributed by atoms with Crippen LogP contribution in [-0.4, -0.2) is 93.1 Å². The molecule has 2 heterocycles. The predicted molar refractivity (Wildman–Crippen MR) is 148 cm³/mol. The van der Waals surface area contributed by atoms with Gasteiger partial charge in [-0.05, 0) is 50.8 Å². The van der Waals surface area contributed by atoms with Crippen LogP contribution in [0, 0.1) is 0 Å². The van der Waals surface area contributed by atoms with Gasteiger partial charge in [-0.2, -0.15) is 0 Å². The van der Waals surface area contributed by atoms with Crippen molar-refractivity contribution in [1.29, 1.82) is 0 Å². The number of fused-ring (bicyclic) bond motifs is 2. The number of Topliss-reactive ketones (excluding diaryl/α,β-unsaturated/α-hetero) is 1. The molecule has 1 saturated heterocycles. The normalized spacial score (nSPS) is 20.6. The lowest BCUT2D eigenvalue weighted by molar-refractivity contribution is -0.143. The molecule has 0 aliphatic carbocycles. The Morgan fingerprint density at radius 3 is 2.18 bits per heavy atom. The number of hydrogen-bond acceptors (Lipinski definition) is 7. The van der Waals surface area contributed by atoms with E-state index < -0.39 is 38.9 Å². The van der Waals surface area contributed by atoms with Crippen LogP contribution in [0.3, 0.4) is 0 Å². The Hall–Kier alpha value is -3.54. The number of para-hydroxylation sites is 1. The molecule has 0 unspecified atom stereocenters. The summed E-state index contributed by atoms with van der Waals surface area (Å²) in [6.45, 7) is 2.86. The Labute approximate surface area is 229 Å². The number of sulfonamides is 1. The zero-order valence-electron chi connectivity index (χ0n) is 22.8. The van der Waals surface area contributed by atoms with Crippen molar-refractivity contribution in [1.82, 2.24) is 14.1 Å². The lowest BCUT2D eigenvalue weighted by Crippen LogP contribution is -2.53. The second kappa shape index (κ2) is 10.6. The van der Waals surface area contributed by atoms with Crippen LogP contribution < -0.4 is 4.90 Å². The molecule has 2 aromatic rings. The molecule has 2 aliphatic rings. The minimum Gasteiger partial charge on any atom is -0.507 e. The number of likely N-dealkylation sites (N-methyl/N-ethyl adjacent to an activating group) is 1. The van der Waals surface area contributed by atoms with Crippen LogP contribution in [0.5, 0.6) is 0 Å². The maximum absolute atomic E-state index is 14.4. The number of benzene rings is 2. The van der Waals surface area contributed by atoms with Crippen molar-refractivity contribution in [2.24, 2.45) is 0 Å². The molecule has 0 radical (unpaired) electrons. The minimum atomic E-state index is -3.73. The summed E-state index contributed by atoms with van der Waals surface area (Å²) in [5.74, 6) is -2.83. The number of aliphatic hydroxyl groups excluding tert-OH is 1. The number of rotatable bonds is 9. The molecule has 10 nitrogen and oxygen atoms in total.